The fourth-order valence-corrected chi connectivity index (χ4v) is 4.68. The summed E-state index contributed by atoms with van der Waals surface area (Å²) in [4.78, 5) is 24.3. The van der Waals surface area contributed by atoms with E-state index < -0.39 is 8.53 Å². The van der Waals surface area contributed by atoms with Gasteiger partial charge >= 0.3 is 14.5 Å². The van der Waals surface area contributed by atoms with Crippen molar-refractivity contribution in [1.82, 2.24) is 24.6 Å². The van der Waals surface area contributed by atoms with Crippen molar-refractivity contribution >= 4 is 31.6 Å². The molecule has 0 radical (unpaired) electrons. The molecule has 33 heavy (non-hydrogen) atoms. The van der Waals surface area contributed by atoms with E-state index in [1.54, 1.807) is 6.33 Å². The zero-order valence-corrected chi connectivity index (χ0v) is 19.6. The molecule has 1 aliphatic carbocycles. The molecule has 0 bridgehead atoms. The molecule has 1 unspecified atom stereocenters. The van der Waals surface area contributed by atoms with Gasteiger partial charge in [-0.15, -0.1) is 0 Å². The molecule has 0 spiro atoms. The van der Waals surface area contributed by atoms with Crippen LogP contribution in [0.25, 0.3) is 11.2 Å². The SMILES string of the molecule is COC(=O)CNP(OCC1CC(n2cnc3c(OC)nc(N)nc32)C1)Oc1ccc(C)cc1. The largest absolute Gasteiger partial charge is 0.479 e. The average molecular weight is 474 g/mol. The third-order valence-electron chi connectivity index (χ3n) is 5.42. The van der Waals surface area contributed by atoms with Gasteiger partial charge in [0.15, 0.2) is 11.2 Å². The normalized spacial score (nSPS) is 18.5. The Labute approximate surface area is 192 Å². The molecule has 4 rings (SSSR count). The number of ether oxygens (including phenoxy) is 2. The Morgan fingerprint density at radius 1 is 1.24 bits per heavy atom. The predicted octanol–water partition coefficient (Wildman–Crippen LogP) is 2.76. The highest BCUT2D eigenvalue weighted by atomic mass is 31.2. The Kier molecular flexibility index (Phi) is 7.22. The van der Waals surface area contributed by atoms with Crippen molar-refractivity contribution in [1.29, 1.82) is 0 Å². The molecule has 0 amide bonds. The van der Waals surface area contributed by atoms with Crippen LogP contribution in [0.2, 0.25) is 0 Å². The summed E-state index contributed by atoms with van der Waals surface area (Å²) in [5, 5.41) is 3.00. The molecule has 0 aliphatic heterocycles. The molecule has 1 aliphatic rings. The lowest BCUT2D eigenvalue weighted by Gasteiger charge is -2.36. The van der Waals surface area contributed by atoms with Crippen LogP contribution in [-0.2, 0) is 14.1 Å². The maximum absolute atomic E-state index is 11.5. The van der Waals surface area contributed by atoms with Gasteiger partial charge in [0, 0.05) is 6.04 Å². The van der Waals surface area contributed by atoms with Gasteiger partial charge in [-0.1, -0.05) is 17.7 Å². The number of hydrogen-bond acceptors (Lipinski definition) is 10. The van der Waals surface area contributed by atoms with Gasteiger partial charge in [0.05, 0.1) is 27.2 Å². The molecule has 1 atom stereocenters. The van der Waals surface area contributed by atoms with Crippen molar-refractivity contribution in [3.8, 4) is 11.6 Å². The first-order valence-electron chi connectivity index (χ1n) is 10.5. The number of nitrogens with one attached hydrogen (secondary N) is 1. The summed E-state index contributed by atoms with van der Waals surface area (Å²) in [6.45, 7) is 2.51. The molecular weight excluding hydrogens is 447 g/mol. The molecule has 1 aromatic carbocycles. The molecule has 12 heteroatoms. The minimum atomic E-state index is -1.51. The molecule has 2 aromatic heterocycles. The molecule has 11 nitrogen and oxygen atoms in total. The molecule has 1 fully saturated rings. The highest BCUT2D eigenvalue weighted by Gasteiger charge is 2.33. The molecule has 1 saturated carbocycles. The Morgan fingerprint density at radius 3 is 2.70 bits per heavy atom. The lowest BCUT2D eigenvalue weighted by Crippen LogP contribution is -2.30. The van der Waals surface area contributed by atoms with Gasteiger partial charge in [0.25, 0.3) is 0 Å². The number of imidazole rings is 1. The van der Waals surface area contributed by atoms with Crippen molar-refractivity contribution in [2.75, 3.05) is 33.1 Å². The topological polar surface area (TPSA) is 136 Å². The van der Waals surface area contributed by atoms with Crippen LogP contribution in [0.1, 0.15) is 24.4 Å². The van der Waals surface area contributed by atoms with Crippen molar-refractivity contribution in [3.05, 3.63) is 36.2 Å². The van der Waals surface area contributed by atoms with E-state index >= 15 is 0 Å². The number of fused-ring (bicyclic) bond motifs is 1. The molecule has 2 heterocycles. The minimum Gasteiger partial charge on any atom is -0.479 e. The second kappa shape index (κ2) is 10.3. The quantitative estimate of drug-likeness (QED) is 0.333. The summed E-state index contributed by atoms with van der Waals surface area (Å²) in [6, 6.07) is 7.90. The van der Waals surface area contributed by atoms with Crippen LogP contribution < -0.4 is 20.1 Å². The number of carbonyl (C=O) groups excluding carboxylic acids is 1. The highest BCUT2D eigenvalue weighted by Crippen LogP contribution is 2.43. The maximum atomic E-state index is 11.5. The van der Waals surface area contributed by atoms with Crippen molar-refractivity contribution in [2.45, 2.75) is 25.8 Å². The molecule has 0 saturated heterocycles. The predicted molar refractivity (Wildman–Crippen MR) is 123 cm³/mol. The van der Waals surface area contributed by atoms with Crippen molar-refractivity contribution in [3.63, 3.8) is 0 Å². The standard InChI is InChI=1S/C21H27N6O5P/c1-13-4-6-16(7-5-13)32-33(24-10-17(28)29-2)31-11-14-8-15(9-14)27-12-23-18-19(27)25-21(22)26-20(18)30-3/h4-7,12,14-15,24H,8-11H2,1-3H3,(H2,22,25,26). The fraction of sp³-hybridized carbons (Fsp3) is 0.429. The molecule has 176 valence electrons. The third kappa shape index (κ3) is 5.50. The van der Waals surface area contributed by atoms with Crippen molar-refractivity contribution in [2.24, 2.45) is 5.92 Å². The summed E-state index contributed by atoms with van der Waals surface area (Å²) in [6.07, 6.45) is 3.53. The number of aromatic nitrogens is 4. The van der Waals surface area contributed by atoms with E-state index in [2.05, 4.69) is 20.0 Å². The average Bonchev–Trinajstić information content (AvgIpc) is 3.20. The minimum absolute atomic E-state index is 0.00530. The van der Waals surface area contributed by atoms with Gasteiger partial charge < -0.3 is 28.8 Å². The zero-order valence-electron chi connectivity index (χ0n) is 18.7. The lowest BCUT2D eigenvalue weighted by molar-refractivity contribution is -0.139. The number of carbonyl (C=O) groups is 1. The first-order chi connectivity index (χ1) is 16.0. The molecular formula is C21H27N6O5P. The van der Waals surface area contributed by atoms with Crippen LogP contribution >= 0.6 is 8.53 Å². The van der Waals surface area contributed by atoms with Crippen LogP contribution in [0.15, 0.2) is 30.6 Å². The fourth-order valence-electron chi connectivity index (χ4n) is 3.55. The van der Waals surface area contributed by atoms with Crippen LogP contribution in [0, 0.1) is 12.8 Å². The summed E-state index contributed by atoms with van der Waals surface area (Å²) < 4.78 is 23.9. The van der Waals surface area contributed by atoms with E-state index in [4.69, 9.17) is 24.3 Å². The Balaban J connectivity index is 1.35. The van der Waals surface area contributed by atoms with Gasteiger partial charge in [0.2, 0.25) is 11.8 Å². The number of methoxy groups -OCH3 is 2. The van der Waals surface area contributed by atoms with E-state index in [1.807, 2.05) is 35.8 Å². The number of benzene rings is 1. The molecule has 3 N–H and O–H groups in total. The summed E-state index contributed by atoms with van der Waals surface area (Å²) >= 11 is 0. The third-order valence-corrected chi connectivity index (χ3v) is 6.60. The maximum Gasteiger partial charge on any atom is 0.320 e. The number of aryl methyl sites for hydroxylation is 1. The van der Waals surface area contributed by atoms with E-state index in [-0.39, 0.29) is 24.5 Å². The first kappa shape index (κ1) is 23.2. The van der Waals surface area contributed by atoms with Gasteiger partial charge in [-0.05, 0) is 37.8 Å². The van der Waals surface area contributed by atoms with Crippen LogP contribution in [0.3, 0.4) is 0 Å². The lowest BCUT2D eigenvalue weighted by atomic mass is 9.81. The van der Waals surface area contributed by atoms with Crippen molar-refractivity contribution < 1.29 is 23.3 Å². The summed E-state index contributed by atoms with van der Waals surface area (Å²) in [5.41, 5.74) is 8.20. The number of anilines is 1. The summed E-state index contributed by atoms with van der Waals surface area (Å²) in [5.74, 6) is 1.14. The number of esters is 1. The Hall–Kier alpha value is -3.01. The Morgan fingerprint density at radius 2 is 2.00 bits per heavy atom. The van der Waals surface area contributed by atoms with E-state index in [0.29, 0.717) is 35.3 Å². The van der Waals surface area contributed by atoms with Crippen LogP contribution in [0.5, 0.6) is 11.6 Å². The first-order valence-corrected chi connectivity index (χ1v) is 11.7. The summed E-state index contributed by atoms with van der Waals surface area (Å²) in [7, 11) is 1.36. The van der Waals surface area contributed by atoms with Gasteiger partial charge in [-0.2, -0.15) is 9.97 Å². The van der Waals surface area contributed by atoms with Crippen LogP contribution in [-0.4, -0.2) is 52.9 Å². The Bertz CT molecular complexity index is 1100. The monoisotopic (exact) mass is 474 g/mol. The number of nitrogens with zero attached hydrogens (tertiary/aromatic N) is 4. The number of hydrogen-bond donors (Lipinski definition) is 2. The highest BCUT2D eigenvalue weighted by molar-refractivity contribution is 7.45. The van der Waals surface area contributed by atoms with Gasteiger partial charge in [0.1, 0.15) is 12.3 Å². The number of nitrogen functional groups attached to an aromatic ring is 1. The smallest absolute Gasteiger partial charge is 0.320 e. The molecule has 3 aromatic rings. The number of rotatable bonds is 10. The van der Waals surface area contributed by atoms with Crippen LogP contribution in [0.4, 0.5) is 5.95 Å². The van der Waals surface area contributed by atoms with E-state index in [0.717, 1.165) is 18.4 Å². The zero-order chi connectivity index (χ0) is 23.4. The van der Waals surface area contributed by atoms with E-state index in [9.17, 15) is 4.79 Å². The van der Waals surface area contributed by atoms with Gasteiger partial charge in [-0.25, -0.2) is 10.1 Å². The second-order valence-corrected chi connectivity index (χ2v) is 9.05. The van der Waals surface area contributed by atoms with E-state index in [1.165, 1.54) is 14.2 Å². The number of nitrogens with two attached hydrogens (primary N) is 1. The second-order valence-electron chi connectivity index (χ2n) is 7.77. The van der Waals surface area contributed by atoms with Gasteiger partial charge in [-0.3, -0.25) is 4.79 Å².